The van der Waals surface area contributed by atoms with Crippen LogP contribution < -0.4 is 0 Å². The van der Waals surface area contributed by atoms with Gasteiger partial charge in [-0.05, 0) is 12.1 Å². The Morgan fingerprint density at radius 1 is 1.25 bits per heavy atom. The van der Waals surface area contributed by atoms with Crippen LogP contribution in [-0.4, -0.2) is 61.1 Å². The van der Waals surface area contributed by atoms with Gasteiger partial charge in [0.15, 0.2) is 0 Å². The van der Waals surface area contributed by atoms with Crippen LogP contribution in [0.25, 0.3) is 0 Å². The smallest absolute Gasteiger partial charge is 0.337 e. The highest BCUT2D eigenvalue weighted by Gasteiger charge is 2.21. The third kappa shape index (κ3) is 5.28. The van der Waals surface area contributed by atoms with E-state index < -0.39 is 0 Å². The lowest BCUT2D eigenvalue weighted by Crippen LogP contribution is -2.47. The van der Waals surface area contributed by atoms with Gasteiger partial charge in [0, 0.05) is 5.56 Å². The lowest BCUT2D eigenvalue weighted by molar-refractivity contribution is -0.923. The van der Waals surface area contributed by atoms with Crippen molar-refractivity contribution in [1.82, 2.24) is 0 Å². The van der Waals surface area contributed by atoms with E-state index in [-0.39, 0.29) is 26.6 Å². The lowest BCUT2D eigenvalue weighted by atomic mass is 10.1. The molecule has 1 rings (SSSR count). The molecular weight excluding hydrogens is 258 g/mol. The minimum atomic E-state index is -0.361. The molecule has 2 N–H and O–H groups in total. The molecule has 1 aromatic rings. The van der Waals surface area contributed by atoms with Crippen LogP contribution in [0.4, 0.5) is 0 Å². The number of ether oxygens (including phenoxy) is 1. The molecule has 0 bridgehead atoms. The molecule has 0 saturated heterocycles. The number of aliphatic hydroxyl groups is 2. The first-order valence-electron chi connectivity index (χ1n) is 6.27. The largest absolute Gasteiger partial charge is 0.465 e. The molecule has 0 aromatic heterocycles. The molecular formula is C15H25NO4. The van der Waals surface area contributed by atoms with Crippen LogP contribution in [-0.2, 0) is 11.3 Å². The minimum absolute atomic E-state index is 0. The maximum atomic E-state index is 11.5. The molecule has 0 spiro atoms. The van der Waals surface area contributed by atoms with Gasteiger partial charge in [-0.1, -0.05) is 12.1 Å². The average molecular weight is 283 g/mol. The number of nitrogens with zero attached hydrogens (tertiary/aromatic N) is 1. The molecule has 0 atom stereocenters. The number of carbonyl (C=O) groups excluding carboxylic acids is 1. The average Bonchev–Trinajstić information content (AvgIpc) is 2.38. The Labute approximate surface area is 121 Å². The Bertz CT molecular complexity index is 414. The first-order chi connectivity index (χ1) is 9.04. The van der Waals surface area contributed by atoms with Crippen LogP contribution in [0.1, 0.15) is 15.9 Å². The number of benzene rings is 1. The summed E-state index contributed by atoms with van der Waals surface area (Å²) in [7, 11) is 3.32. The molecule has 0 aliphatic carbocycles. The zero-order valence-corrected chi connectivity index (χ0v) is 12.5. The van der Waals surface area contributed by atoms with Crippen molar-refractivity contribution in [3.8, 4) is 0 Å². The van der Waals surface area contributed by atoms with Gasteiger partial charge in [-0.2, -0.15) is 0 Å². The van der Waals surface area contributed by atoms with Crippen molar-refractivity contribution < 1.29 is 24.2 Å². The summed E-state index contributed by atoms with van der Waals surface area (Å²) in [6.07, 6.45) is 0. The van der Waals surface area contributed by atoms with E-state index in [1.165, 1.54) is 7.11 Å². The monoisotopic (exact) mass is 283 g/mol. The van der Waals surface area contributed by atoms with Crippen LogP contribution in [0.2, 0.25) is 0 Å². The van der Waals surface area contributed by atoms with Gasteiger partial charge in [0.1, 0.15) is 19.6 Å². The zero-order valence-electron chi connectivity index (χ0n) is 12.5. The number of likely N-dealkylation sites (N-methyl/N-ethyl adjacent to an activating group) is 1. The van der Waals surface area contributed by atoms with Crippen LogP contribution >= 0.6 is 0 Å². The molecule has 114 valence electrons. The molecule has 0 unspecified atom stereocenters. The predicted molar refractivity (Wildman–Crippen MR) is 78.0 cm³/mol. The molecule has 20 heavy (non-hydrogen) atoms. The Balaban J connectivity index is 0.00000361. The Hall–Kier alpha value is -1.43. The fourth-order valence-corrected chi connectivity index (χ4v) is 2.11. The van der Waals surface area contributed by atoms with Crippen LogP contribution in [0.15, 0.2) is 24.3 Å². The number of aliphatic hydroxyl groups excluding tert-OH is 2. The van der Waals surface area contributed by atoms with Crippen molar-refractivity contribution >= 4 is 5.97 Å². The van der Waals surface area contributed by atoms with E-state index >= 15 is 0 Å². The minimum Gasteiger partial charge on any atom is -0.465 e. The predicted octanol–water partition coefficient (Wildman–Crippen LogP) is 0.855. The number of hydrogen-bond acceptors (Lipinski definition) is 4. The van der Waals surface area contributed by atoms with Crippen LogP contribution in [0, 0.1) is 7.43 Å². The van der Waals surface area contributed by atoms with E-state index in [9.17, 15) is 4.79 Å². The zero-order chi connectivity index (χ0) is 14.3. The van der Waals surface area contributed by atoms with Crippen molar-refractivity contribution in [1.29, 1.82) is 0 Å². The highest BCUT2D eigenvalue weighted by Crippen LogP contribution is 2.14. The van der Waals surface area contributed by atoms with E-state index in [0.29, 0.717) is 29.7 Å². The van der Waals surface area contributed by atoms with Crippen molar-refractivity contribution in [2.24, 2.45) is 0 Å². The Morgan fingerprint density at radius 2 is 1.85 bits per heavy atom. The van der Waals surface area contributed by atoms with Gasteiger partial charge >= 0.3 is 5.97 Å². The summed E-state index contributed by atoms with van der Waals surface area (Å²) in [5.41, 5.74) is 1.49. The third-order valence-corrected chi connectivity index (χ3v) is 3.19. The summed E-state index contributed by atoms with van der Waals surface area (Å²) in [6, 6.07) is 7.23. The summed E-state index contributed by atoms with van der Waals surface area (Å²) in [5.74, 6) is -0.361. The fraction of sp³-hybridized carbons (Fsp3) is 0.467. The molecule has 5 nitrogen and oxygen atoms in total. The molecule has 0 radical (unpaired) electrons. The summed E-state index contributed by atoms with van der Waals surface area (Å²) in [4.78, 5) is 11.5. The van der Waals surface area contributed by atoms with Gasteiger partial charge < -0.3 is 26.9 Å². The summed E-state index contributed by atoms with van der Waals surface area (Å²) >= 11 is 0. The standard InChI is InChI=1S/C14H22NO4.CH3/c1-15(6-8-16,7-9-17)11-12-4-3-5-13(10-12)14(18)19-2;/h3-5,10,16-17H,6-9,11H2,1-2H3;1H3/q+1;-1. The summed E-state index contributed by atoms with van der Waals surface area (Å²) in [6.45, 7) is 1.89. The van der Waals surface area contributed by atoms with Gasteiger partial charge in [0.2, 0.25) is 0 Å². The quantitative estimate of drug-likeness (QED) is 0.442. The van der Waals surface area contributed by atoms with Gasteiger partial charge in [0.05, 0.1) is 32.9 Å². The van der Waals surface area contributed by atoms with Crippen molar-refractivity contribution in [3.05, 3.63) is 42.8 Å². The fourth-order valence-electron chi connectivity index (χ4n) is 2.11. The second kappa shape index (κ2) is 8.68. The van der Waals surface area contributed by atoms with E-state index in [1.807, 2.05) is 19.2 Å². The Kier molecular flexibility index (Phi) is 8.06. The van der Waals surface area contributed by atoms with E-state index in [0.717, 1.165) is 5.56 Å². The van der Waals surface area contributed by atoms with E-state index in [2.05, 4.69) is 0 Å². The van der Waals surface area contributed by atoms with E-state index in [1.54, 1.807) is 12.1 Å². The molecule has 0 aliphatic rings. The topological polar surface area (TPSA) is 66.8 Å². The normalized spacial score (nSPS) is 10.8. The van der Waals surface area contributed by atoms with Crippen LogP contribution in [0.5, 0.6) is 0 Å². The Morgan fingerprint density at radius 3 is 2.35 bits per heavy atom. The number of hydrogen-bond donors (Lipinski definition) is 2. The maximum Gasteiger partial charge on any atom is 0.337 e. The number of quaternary nitrogens is 1. The number of methoxy groups -OCH3 is 1. The van der Waals surface area contributed by atoms with Crippen molar-refractivity contribution in [3.63, 3.8) is 0 Å². The number of carbonyl (C=O) groups is 1. The highest BCUT2D eigenvalue weighted by atomic mass is 16.5. The molecule has 0 amide bonds. The first-order valence-corrected chi connectivity index (χ1v) is 6.27. The molecule has 0 fully saturated rings. The summed E-state index contributed by atoms with van der Waals surface area (Å²) in [5, 5.41) is 18.2. The molecule has 5 heteroatoms. The van der Waals surface area contributed by atoms with Gasteiger partial charge in [-0.3, -0.25) is 0 Å². The highest BCUT2D eigenvalue weighted by molar-refractivity contribution is 5.89. The van der Waals surface area contributed by atoms with Gasteiger partial charge in [0.25, 0.3) is 0 Å². The first kappa shape index (κ1) is 18.6. The second-order valence-electron chi connectivity index (χ2n) is 4.86. The molecule has 1 aromatic carbocycles. The maximum absolute atomic E-state index is 11.5. The third-order valence-electron chi connectivity index (χ3n) is 3.19. The number of esters is 1. The summed E-state index contributed by atoms with van der Waals surface area (Å²) < 4.78 is 5.22. The van der Waals surface area contributed by atoms with Crippen molar-refractivity contribution in [2.75, 3.05) is 40.5 Å². The number of rotatable bonds is 7. The molecule has 0 heterocycles. The van der Waals surface area contributed by atoms with Gasteiger partial charge in [-0.25, -0.2) is 4.79 Å². The molecule has 0 saturated carbocycles. The SMILES string of the molecule is COC(=O)c1cccc(C[N+](C)(CCO)CCO)c1.[CH3-]. The van der Waals surface area contributed by atoms with Gasteiger partial charge in [-0.15, -0.1) is 0 Å². The molecule has 0 aliphatic heterocycles. The second-order valence-corrected chi connectivity index (χ2v) is 4.86. The van der Waals surface area contributed by atoms with Crippen molar-refractivity contribution in [2.45, 2.75) is 6.54 Å². The lowest BCUT2D eigenvalue weighted by Gasteiger charge is -2.33. The van der Waals surface area contributed by atoms with Crippen LogP contribution in [0.3, 0.4) is 0 Å². The van der Waals surface area contributed by atoms with E-state index in [4.69, 9.17) is 14.9 Å².